The third-order valence-electron chi connectivity index (χ3n) is 4.83. The highest BCUT2D eigenvalue weighted by atomic mass is 14.7. The van der Waals surface area contributed by atoms with Gasteiger partial charge < -0.3 is 0 Å². The Bertz CT molecular complexity index is 202. The van der Waals surface area contributed by atoms with Crippen LogP contribution in [0.5, 0.6) is 0 Å². The molecule has 0 heteroatoms. The largest absolute Gasteiger partial charge is 0.0622 e. The van der Waals surface area contributed by atoms with E-state index in [4.69, 9.17) is 0 Å². The zero-order valence-corrected chi connectivity index (χ0v) is 9.15. The molecule has 0 bridgehead atoms. The van der Waals surface area contributed by atoms with E-state index in [1.54, 1.807) is 0 Å². The Morgan fingerprint density at radius 3 is 1.92 bits per heavy atom. The van der Waals surface area contributed by atoms with Crippen LogP contribution in [0, 0.1) is 28.6 Å². The van der Waals surface area contributed by atoms with Gasteiger partial charge in [0.15, 0.2) is 0 Å². The minimum atomic E-state index is 0.655. The molecular formula is C12H22. The normalized spacial score (nSPS) is 49.5. The smallest absolute Gasteiger partial charge is 0.0264 e. The third kappa shape index (κ3) is 0.791. The first-order valence-corrected chi connectivity index (χ1v) is 5.38. The number of fused-ring (bicyclic) bond motifs is 1. The minimum absolute atomic E-state index is 0.655. The Hall–Kier alpha value is 0. The van der Waals surface area contributed by atoms with Crippen LogP contribution < -0.4 is 0 Å². The lowest BCUT2D eigenvalue weighted by Crippen LogP contribution is -2.63. The number of hydrogen-bond donors (Lipinski definition) is 0. The van der Waals surface area contributed by atoms with Crippen LogP contribution in [0.25, 0.3) is 0 Å². The SMILES string of the molecule is CC(C)C1(C)CC2CC(C)(C)C21. The maximum atomic E-state index is 2.50. The standard InChI is InChI=1S/C12H22/c1-8(2)12(5)7-9-6-11(3,4)10(9)12/h8-10H,6-7H2,1-5H3. The van der Waals surface area contributed by atoms with Crippen LogP contribution in [0.4, 0.5) is 0 Å². The molecule has 0 N–H and O–H groups in total. The Morgan fingerprint density at radius 1 is 1.08 bits per heavy atom. The van der Waals surface area contributed by atoms with Gasteiger partial charge in [-0.25, -0.2) is 0 Å². The van der Waals surface area contributed by atoms with Crippen molar-refractivity contribution < 1.29 is 0 Å². The van der Waals surface area contributed by atoms with Gasteiger partial charge in [0.05, 0.1) is 0 Å². The van der Waals surface area contributed by atoms with Crippen LogP contribution in [0.15, 0.2) is 0 Å². The van der Waals surface area contributed by atoms with Crippen molar-refractivity contribution in [2.24, 2.45) is 28.6 Å². The highest BCUT2D eigenvalue weighted by molar-refractivity contribution is 5.13. The van der Waals surface area contributed by atoms with E-state index in [2.05, 4.69) is 34.6 Å². The van der Waals surface area contributed by atoms with E-state index < -0.39 is 0 Å². The van der Waals surface area contributed by atoms with Gasteiger partial charge in [-0.1, -0.05) is 34.6 Å². The maximum Gasteiger partial charge on any atom is -0.0264 e. The van der Waals surface area contributed by atoms with E-state index >= 15 is 0 Å². The lowest BCUT2D eigenvalue weighted by atomic mass is 9.34. The third-order valence-corrected chi connectivity index (χ3v) is 4.83. The summed E-state index contributed by atoms with van der Waals surface area (Å²) in [6, 6.07) is 0. The molecule has 0 amide bonds. The Labute approximate surface area is 76.7 Å². The highest BCUT2D eigenvalue weighted by Crippen LogP contribution is 2.72. The summed E-state index contributed by atoms with van der Waals surface area (Å²) in [4.78, 5) is 0. The molecule has 3 unspecified atom stereocenters. The molecule has 0 radical (unpaired) electrons. The lowest BCUT2D eigenvalue weighted by molar-refractivity contribution is -0.219. The molecule has 0 saturated heterocycles. The summed E-state index contributed by atoms with van der Waals surface area (Å²) >= 11 is 0. The van der Waals surface area contributed by atoms with Crippen molar-refractivity contribution in [2.75, 3.05) is 0 Å². The van der Waals surface area contributed by atoms with E-state index in [0.29, 0.717) is 10.8 Å². The molecule has 12 heavy (non-hydrogen) atoms. The molecule has 0 heterocycles. The molecular weight excluding hydrogens is 144 g/mol. The zero-order chi connectivity index (χ0) is 9.15. The summed E-state index contributed by atoms with van der Waals surface area (Å²) < 4.78 is 0. The molecule has 0 nitrogen and oxygen atoms in total. The topological polar surface area (TPSA) is 0 Å². The highest BCUT2D eigenvalue weighted by Gasteiger charge is 2.64. The Morgan fingerprint density at radius 2 is 1.67 bits per heavy atom. The fourth-order valence-corrected chi connectivity index (χ4v) is 4.15. The van der Waals surface area contributed by atoms with Gasteiger partial charge >= 0.3 is 0 Å². The molecule has 2 aliphatic carbocycles. The van der Waals surface area contributed by atoms with Crippen LogP contribution in [0.2, 0.25) is 0 Å². The van der Waals surface area contributed by atoms with Gasteiger partial charge in [-0.2, -0.15) is 0 Å². The van der Waals surface area contributed by atoms with Crippen molar-refractivity contribution in [3.05, 3.63) is 0 Å². The van der Waals surface area contributed by atoms with Crippen LogP contribution in [-0.2, 0) is 0 Å². The van der Waals surface area contributed by atoms with E-state index in [1.165, 1.54) is 12.8 Å². The van der Waals surface area contributed by atoms with E-state index in [1.807, 2.05) is 0 Å². The fourth-order valence-electron chi connectivity index (χ4n) is 4.15. The Balaban J connectivity index is 2.14. The fraction of sp³-hybridized carbons (Fsp3) is 1.00. The van der Waals surface area contributed by atoms with Gasteiger partial charge in [0, 0.05) is 0 Å². The van der Waals surface area contributed by atoms with Crippen LogP contribution in [0.1, 0.15) is 47.5 Å². The van der Waals surface area contributed by atoms with Crippen molar-refractivity contribution in [1.82, 2.24) is 0 Å². The molecule has 0 aromatic carbocycles. The predicted molar refractivity (Wildman–Crippen MR) is 52.9 cm³/mol. The molecule has 0 aromatic rings. The average molecular weight is 166 g/mol. The van der Waals surface area contributed by atoms with Crippen molar-refractivity contribution in [1.29, 1.82) is 0 Å². The Kier molecular flexibility index (Phi) is 1.49. The molecule has 3 atom stereocenters. The summed E-state index contributed by atoms with van der Waals surface area (Å²) in [5.74, 6) is 3.00. The van der Waals surface area contributed by atoms with Crippen LogP contribution in [0.3, 0.4) is 0 Å². The second-order valence-electron chi connectivity index (χ2n) is 6.30. The first-order valence-electron chi connectivity index (χ1n) is 5.38. The second kappa shape index (κ2) is 2.08. The zero-order valence-electron chi connectivity index (χ0n) is 9.15. The summed E-state index contributed by atoms with van der Waals surface area (Å²) in [5.41, 5.74) is 1.33. The average Bonchev–Trinajstić information content (AvgIpc) is 1.82. The first kappa shape index (κ1) is 8.59. The molecule has 2 fully saturated rings. The van der Waals surface area contributed by atoms with Gasteiger partial charge in [0.1, 0.15) is 0 Å². The monoisotopic (exact) mass is 166 g/mol. The van der Waals surface area contributed by atoms with Gasteiger partial charge in [-0.05, 0) is 41.4 Å². The number of hydrogen-bond acceptors (Lipinski definition) is 0. The van der Waals surface area contributed by atoms with E-state index in [-0.39, 0.29) is 0 Å². The summed E-state index contributed by atoms with van der Waals surface area (Å²) in [5, 5.41) is 0. The first-order chi connectivity index (χ1) is 5.38. The lowest BCUT2D eigenvalue weighted by Gasteiger charge is -2.71. The minimum Gasteiger partial charge on any atom is -0.0622 e. The second-order valence-corrected chi connectivity index (χ2v) is 6.30. The van der Waals surface area contributed by atoms with Gasteiger partial charge in [-0.3, -0.25) is 0 Å². The molecule has 0 spiro atoms. The van der Waals surface area contributed by atoms with Crippen LogP contribution in [-0.4, -0.2) is 0 Å². The van der Waals surface area contributed by atoms with Crippen molar-refractivity contribution in [2.45, 2.75) is 47.5 Å². The van der Waals surface area contributed by atoms with Crippen molar-refractivity contribution >= 4 is 0 Å². The molecule has 2 rings (SSSR count). The van der Waals surface area contributed by atoms with Crippen LogP contribution >= 0.6 is 0 Å². The number of rotatable bonds is 1. The molecule has 0 aromatic heterocycles. The summed E-state index contributed by atoms with van der Waals surface area (Å²) in [6.45, 7) is 12.2. The van der Waals surface area contributed by atoms with Gasteiger partial charge in [0.2, 0.25) is 0 Å². The molecule has 0 aliphatic heterocycles. The van der Waals surface area contributed by atoms with Crippen molar-refractivity contribution in [3.63, 3.8) is 0 Å². The van der Waals surface area contributed by atoms with Gasteiger partial charge in [-0.15, -0.1) is 0 Å². The molecule has 70 valence electrons. The predicted octanol–water partition coefficient (Wildman–Crippen LogP) is 3.71. The van der Waals surface area contributed by atoms with E-state index in [9.17, 15) is 0 Å². The quantitative estimate of drug-likeness (QED) is 0.557. The molecule has 2 aliphatic rings. The summed E-state index contributed by atoms with van der Waals surface area (Å²) in [7, 11) is 0. The maximum absolute atomic E-state index is 2.50. The van der Waals surface area contributed by atoms with Crippen molar-refractivity contribution in [3.8, 4) is 0 Å². The van der Waals surface area contributed by atoms with Gasteiger partial charge in [0.25, 0.3) is 0 Å². The molecule has 2 saturated carbocycles. The van der Waals surface area contributed by atoms with E-state index in [0.717, 1.165) is 17.8 Å². The summed E-state index contributed by atoms with van der Waals surface area (Å²) in [6.07, 6.45) is 2.98.